The summed E-state index contributed by atoms with van der Waals surface area (Å²) < 4.78 is 11.2. The van der Waals surface area contributed by atoms with Gasteiger partial charge < -0.3 is 14.5 Å². The molecule has 2 heterocycles. The number of carbonyl (C=O) groups is 1. The van der Waals surface area contributed by atoms with Crippen LogP contribution in [0.25, 0.3) is 0 Å². The van der Waals surface area contributed by atoms with E-state index in [1.807, 2.05) is 24.8 Å². The number of nitrogens with one attached hydrogen (secondary N) is 1. The Morgan fingerprint density at radius 1 is 1.50 bits per heavy atom. The molecule has 1 aromatic heterocycles. The standard InChI is InChI=1S/C17H25NO3S/c1-3-4-7-22-10-12-8-16(21-11(12)2)17(19)18-14-9-15-13(14)5-6-20-15/h8,13-15H,3-7,9-10H2,1-2H3,(H,18,19). The molecule has 5 heteroatoms. The van der Waals surface area contributed by atoms with Gasteiger partial charge in [0.2, 0.25) is 0 Å². The summed E-state index contributed by atoms with van der Waals surface area (Å²) in [5.74, 6) is 3.82. The summed E-state index contributed by atoms with van der Waals surface area (Å²) in [7, 11) is 0. The summed E-state index contributed by atoms with van der Waals surface area (Å²) in [6.45, 7) is 4.98. The van der Waals surface area contributed by atoms with E-state index in [1.165, 1.54) is 12.8 Å². The van der Waals surface area contributed by atoms with Gasteiger partial charge in [-0.05, 0) is 38.0 Å². The van der Waals surface area contributed by atoms with E-state index in [4.69, 9.17) is 9.15 Å². The number of unbranched alkanes of at least 4 members (excludes halogenated alkanes) is 1. The van der Waals surface area contributed by atoms with E-state index >= 15 is 0 Å². The van der Waals surface area contributed by atoms with Gasteiger partial charge in [0.15, 0.2) is 5.76 Å². The highest BCUT2D eigenvalue weighted by atomic mass is 32.2. The SMILES string of the molecule is CCCCSCc1cc(C(=O)NC2CC3OCCC23)oc1C. The first-order valence-electron chi connectivity index (χ1n) is 8.28. The van der Waals surface area contributed by atoms with Crippen molar-refractivity contribution in [2.45, 2.75) is 57.4 Å². The van der Waals surface area contributed by atoms with Crippen molar-refractivity contribution in [3.8, 4) is 0 Å². The normalized spacial score (nSPS) is 26.5. The summed E-state index contributed by atoms with van der Waals surface area (Å²) in [5, 5.41) is 3.10. The van der Waals surface area contributed by atoms with Crippen LogP contribution in [0.2, 0.25) is 0 Å². The molecule has 3 atom stereocenters. The average Bonchev–Trinajstić information content (AvgIpc) is 3.04. The topological polar surface area (TPSA) is 51.5 Å². The number of thioether (sulfide) groups is 1. The molecule has 1 amide bonds. The molecule has 1 aromatic rings. The van der Waals surface area contributed by atoms with Crippen LogP contribution in [0.5, 0.6) is 0 Å². The number of furan rings is 1. The fourth-order valence-corrected chi connectivity index (χ4v) is 4.35. The Morgan fingerprint density at radius 3 is 3.14 bits per heavy atom. The van der Waals surface area contributed by atoms with E-state index < -0.39 is 0 Å². The van der Waals surface area contributed by atoms with Gasteiger partial charge >= 0.3 is 0 Å². The van der Waals surface area contributed by atoms with Crippen LogP contribution in [-0.4, -0.2) is 30.4 Å². The van der Waals surface area contributed by atoms with Crippen LogP contribution in [0.3, 0.4) is 0 Å². The molecule has 1 saturated carbocycles. The third-order valence-electron chi connectivity index (χ3n) is 4.72. The zero-order chi connectivity index (χ0) is 15.5. The van der Waals surface area contributed by atoms with E-state index in [2.05, 4.69) is 12.2 Å². The van der Waals surface area contributed by atoms with Crippen LogP contribution in [-0.2, 0) is 10.5 Å². The first-order valence-corrected chi connectivity index (χ1v) is 9.44. The van der Waals surface area contributed by atoms with Crippen molar-refractivity contribution in [2.24, 2.45) is 5.92 Å². The van der Waals surface area contributed by atoms with Crippen LogP contribution in [0.15, 0.2) is 10.5 Å². The van der Waals surface area contributed by atoms with Gasteiger partial charge in [0, 0.05) is 29.9 Å². The molecule has 4 nitrogen and oxygen atoms in total. The number of hydrogen-bond donors (Lipinski definition) is 1. The zero-order valence-corrected chi connectivity index (χ0v) is 14.2. The number of rotatable bonds is 7. The van der Waals surface area contributed by atoms with Gasteiger partial charge in [-0.15, -0.1) is 0 Å². The number of hydrogen-bond acceptors (Lipinski definition) is 4. The zero-order valence-electron chi connectivity index (χ0n) is 13.4. The lowest BCUT2D eigenvalue weighted by molar-refractivity contribution is 0.00771. The second-order valence-corrected chi connectivity index (χ2v) is 7.38. The molecular formula is C17H25NO3S. The molecule has 1 saturated heterocycles. The van der Waals surface area contributed by atoms with Gasteiger partial charge in [0.05, 0.1) is 6.10 Å². The van der Waals surface area contributed by atoms with Crippen molar-refractivity contribution in [3.63, 3.8) is 0 Å². The molecule has 0 spiro atoms. The Balaban J connectivity index is 1.52. The van der Waals surface area contributed by atoms with Gasteiger partial charge in [-0.3, -0.25) is 4.79 Å². The van der Waals surface area contributed by atoms with Crippen molar-refractivity contribution in [1.29, 1.82) is 0 Å². The molecule has 22 heavy (non-hydrogen) atoms. The summed E-state index contributed by atoms with van der Waals surface area (Å²) in [6, 6.07) is 2.16. The van der Waals surface area contributed by atoms with Crippen molar-refractivity contribution < 1.29 is 13.9 Å². The van der Waals surface area contributed by atoms with E-state index in [-0.39, 0.29) is 11.9 Å². The molecule has 3 rings (SSSR count). The molecule has 1 aliphatic heterocycles. The minimum absolute atomic E-state index is 0.0803. The van der Waals surface area contributed by atoms with Gasteiger partial charge in [-0.2, -0.15) is 11.8 Å². The predicted octanol–water partition coefficient (Wildman–Crippen LogP) is 3.53. The van der Waals surface area contributed by atoms with E-state index in [1.54, 1.807) is 0 Å². The van der Waals surface area contributed by atoms with Crippen LogP contribution in [0.4, 0.5) is 0 Å². The molecule has 2 aliphatic rings. The number of aryl methyl sites for hydroxylation is 1. The summed E-state index contributed by atoms with van der Waals surface area (Å²) in [6.07, 6.45) is 4.83. The van der Waals surface area contributed by atoms with Crippen molar-refractivity contribution in [2.75, 3.05) is 12.4 Å². The highest BCUT2D eigenvalue weighted by molar-refractivity contribution is 7.98. The maximum Gasteiger partial charge on any atom is 0.287 e. The van der Waals surface area contributed by atoms with Crippen LogP contribution >= 0.6 is 11.8 Å². The van der Waals surface area contributed by atoms with Gasteiger partial charge in [0.25, 0.3) is 5.91 Å². The number of ether oxygens (including phenoxy) is 1. The van der Waals surface area contributed by atoms with Crippen molar-refractivity contribution in [3.05, 3.63) is 23.2 Å². The number of amides is 1. The molecule has 122 valence electrons. The van der Waals surface area contributed by atoms with E-state index in [9.17, 15) is 4.79 Å². The monoisotopic (exact) mass is 323 g/mol. The average molecular weight is 323 g/mol. The summed E-state index contributed by atoms with van der Waals surface area (Å²) in [5.41, 5.74) is 1.14. The Labute approximate surface area is 136 Å². The first-order chi connectivity index (χ1) is 10.7. The molecule has 1 aliphatic carbocycles. The largest absolute Gasteiger partial charge is 0.456 e. The van der Waals surface area contributed by atoms with Gasteiger partial charge in [-0.1, -0.05) is 13.3 Å². The summed E-state index contributed by atoms with van der Waals surface area (Å²) in [4.78, 5) is 12.3. The van der Waals surface area contributed by atoms with E-state index in [0.29, 0.717) is 17.8 Å². The maximum absolute atomic E-state index is 12.3. The second-order valence-electron chi connectivity index (χ2n) is 6.28. The highest BCUT2D eigenvalue weighted by Crippen LogP contribution is 2.38. The molecule has 0 radical (unpaired) electrons. The fourth-order valence-electron chi connectivity index (χ4n) is 3.21. The molecule has 0 bridgehead atoms. The van der Waals surface area contributed by atoms with E-state index in [0.717, 1.165) is 42.3 Å². The van der Waals surface area contributed by atoms with Gasteiger partial charge in [-0.25, -0.2) is 0 Å². The second kappa shape index (κ2) is 7.09. The third-order valence-corrected chi connectivity index (χ3v) is 5.82. The smallest absolute Gasteiger partial charge is 0.287 e. The first kappa shape index (κ1) is 15.9. The Morgan fingerprint density at radius 2 is 2.36 bits per heavy atom. The minimum atomic E-state index is -0.0803. The fraction of sp³-hybridized carbons (Fsp3) is 0.706. The lowest BCUT2D eigenvalue weighted by atomic mass is 9.76. The lowest BCUT2D eigenvalue weighted by Crippen LogP contribution is -2.53. The molecule has 0 aromatic carbocycles. The highest BCUT2D eigenvalue weighted by Gasteiger charge is 2.46. The van der Waals surface area contributed by atoms with Gasteiger partial charge in [0.1, 0.15) is 5.76 Å². The predicted molar refractivity (Wildman–Crippen MR) is 88.2 cm³/mol. The molecule has 3 unspecified atom stereocenters. The molecule has 1 N–H and O–H groups in total. The number of fused-ring (bicyclic) bond motifs is 1. The number of carbonyl (C=O) groups excluding carboxylic acids is 1. The molecular weight excluding hydrogens is 298 g/mol. The quantitative estimate of drug-likeness (QED) is 0.780. The minimum Gasteiger partial charge on any atom is -0.456 e. The van der Waals surface area contributed by atoms with Crippen LogP contribution in [0.1, 0.15) is 54.5 Å². The Kier molecular flexibility index (Phi) is 5.14. The molecule has 2 fully saturated rings. The lowest BCUT2D eigenvalue weighted by Gasteiger charge is -2.39. The Bertz CT molecular complexity index is 528. The summed E-state index contributed by atoms with van der Waals surface area (Å²) >= 11 is 1.90. The maximum atomic E-state index is 12.3. The van der Waals surface area contributed by atoms with Crippen LogP contribution < -0.4 is 5.32 Å². The van der Waals surface area contributed by atoms with Crippen molar-refractivity contribution in [1.82, 2.24) is 5.32 Å². The third kappa shape index (κ3) is 3.35. The van der Waals surface area contributed by atoms with Crippen LogP contribution in [0, 0.1) is 12.8 Å². The van der Waals surface area contributed by atoms with Crippen molar-refractivity contribution >= 4 is 17.7 Å². The Hall–Kier alpha value is -0.940.